The van der Waals surface area contributed by atoms with Crippen molar-refractivity contribution in [2.45, 2.75) is 12.4 Å². The third-order valence-electron chi connectivity index (χ3n) is 1.65. The molecule has 0 fully saturated rings. The van der Waals surface area contributed by atoms with Crippen molar-refractivity contribution in [2.75, 3.05) is 0 Å². The van der Waals surface area contributed by atoms with E-state index in [1.54, 1.807) is 0 Å². The summed E-state index contributed by atoms with van der Waals surface area (Å²) >= 11 is 0.765. The molecule has 0 aliphatic heterocycles. The van der Waals surface area contributed by atoms with E-state index in [1.165, 1.54) is 11.4 Å². The molecule has 0 spiro atoms. The molecule has 1 aromatic heterocycles. The highest BCUT2D eigenvalue weighted by atomic mass is 32.1. The van der Waals surface area contributed by atoms with Gasteiger partial charge in [0, 0.05) is 6.08 Å². The lowest BCUT2D eigenvalue weighted by atomic mass is 10.1. The van der Waals surface area contributed by atoms with E-state index >= 15 is 0 Å². The van der Waals surface area contributed by atoms with E-state index in [0.29, 0.717) is 0 Å². The maximum absolute atomic E-state index is 12.1. The summed E-state index contributed by atoms with van der Waals surface area (Å²) in [6.45, 7) is 0. The molecule has 0 radical (unpaired) electrons. The summed E-state index contributed by atoms with van der Waals surface area (Å²) in [5.74, 6) is -1.32. The van der Waals surface area contributed by atoms with Gasteiger partial charge in [-0.05, 0) is 11.4 Å². The second-order valence-corrected chi connectivity index (χ2v) is 3.84. The van der Waals surface area contributed by atoms with Gasteiger partial charge in [-0.3, -0.25) is 4.79 Å². The van der Waals surface area contributed by atoms with Crippen LogP contribution in [-0.2, 0) is 0 Å². The summed E-state index contributed by atoms with van der Waals surface area (Å²) in [4.78, 5) is 11.0. The molecule has 1 nitrogen and oxygen atoms in total. The van der Waals surface area contributed by atoms with Gasteiger partial charge in [0.15, 0.2) is 5.78 Å². The van der Waals surface area contributed by atoms with Crippen molar-refractivity contribution in [2.24, 2.45) is 0 Å². The van der Waals surface area contributed by atoms with Gasteiger partial charge in [0.25, 0.3) is 0 Å². The fraction of sp³-hybridized carbons (Fsp3) is 0.222. The Morgan fingerprint density at radius 3 is 2.00 bits per heavy atom. The van der Waals surface area contributed by atoms with Gasteiger partial charge in [-0.15, -0.1) is 11.3 Å². The molecular weight excluding hydrogens is 270 g/mol. The lowest BCUT2D eigenvalue weighted by molar-refractivity contribution is -0.171. The molecule has 0 aliphatic rings. The lowest BCUT2D eigenvalue weighted by Crippen LogP contribution is -2.27. The molecule has 0 atom stereocenters. The van der Waals surface area contributed by atoms with Crippen LogP contribution in [0.3, 0.4) is 0 Å². The number of alkyl halides is 6. The first-order valence-corrected chi connectivity index (χ1v) is 4.94. The molecule has 1 rings (SSSR count). The van der Waals surface area contributed by atoms with Crippen LogP contribution in [0.1, 0.15) is 9.67 Å². The zero-order valence-corrected chi connectivity index (χ0v) is 8.71. The molecule has 94 valence electrons. The number of thiophene rings is 1. The molecule has 0 saturated carbocycles. The number of ketones is 1. The SMILES string of the molecule is O=C(C=C(C(F)(F)F)C(F)(F)F)c1cccs1. The molecule has 0 aromatic carbocycles. The minimum absolute atomic E-state index is 0.184. The number of halogens is 6. The van der Waals surface area contributed by atoms with Crippen LogP contribution in [0.25, 0.3) is 0 Å². The summed E-state index contributed by atoms with van der Waals surface area (Å²) in [7, 11) is 0. The zero-order valence-electron chi connectivity index (χ0n) is 7.89. The second kappa shape index (κ2) is 4.52. The van der Waals surface area contributed by atoms with Crippen LogP contribution >= 0.6 is 11.3 Å². The monoisotopic (exact) mass is 274 g/mol. The van der Waals surface area contributed by atoms with Crippen LogP contribution in [0.15, 0.2) is 29.2 Å². The van der Waals surface area contributed by atoms with E-state index in [1.807, 2.05) is 0 Å². The molecule has 0 unspecified atom stereocenters. The minimum Gasteiger partial charge on any atom is -0.288 e. The van der Waals surface area contributed by atoms with E-state index in [9.17, 15) is 31.1 Å². The Bertz CT molecular complexity index is 409. The Hall–Kier alpha value is -1.31. The first-order chi connectivity index (χ1) is 7.62. The summed E-state index contributed by atoms with van der Waals surface area (Å²) < 4.78 is 72.5. The van der Waals surface area contributed by atoms with Gasteiger partial charge in [-0.25, -0.2) is 0 Å². The molecule has 0 bridgehead atoms. The highest BCUT2D eigenvalue weighted by Crippen LogP contribution is 2.38. The molecule has 17 heavy (non-hydrogen) atoms. The quantitative estimate of drug-likeness (QED) is 0.453. The van der Waals surface area contributed by atoms with Crippen molar-refractivity contribution in [1.82, 2.24) is 0 Å². The predicted molar refractivity (Wildman–Crippen MR) is 48.8 cm³/mol. The van der Waals surface area contributed by atoms with Crippen molar-refractivity contribution < 1.29 is 31.1 Å². The van der Waals surface area contributed by atoms with Gasteiger partial charge in [0.05, 0.1) is 4.88 Å². The zero-order chi connectivity index (χ0) is 13.3. The van der Waals surface area contributed by atoms with Gasteiger partial charge in [0.1, 0.15) is 5.57 Å². The van der Waals surface area contributed by atoms with Gasteiger partial charge >= 0.3 is 12.4 Å². The normalized spacial score (nSPS) is 12.4. The molecule has 8 heteroatoms. The Kier molecular flexibility index (Phi) is 3.65. The minimum atomic E-state index is -5.61. The van der Waals surface area contributed by atoms with E-state index < -0.39 is 29.8 Å². The van der Waals surface area contributed by atoms with E-state index in [-0.39, 0.29) is 4.88 Å². The summed E-state index contributed by atoms with van der Waals surface area (Å²) in [6, 6.07) is 2.50. The summed E-state index contributed by atoms with van der Waals surface area (Å²) in [5.41, 5.74) is -2.80. The fourth-order valence-corrected chi connectivity index (χ4v) is 1.58. The third-order valence-corrected chi connectivity index (χ3v) is 2.53. The summed E-state index contributed by atoms with van der Waals surface area (Å²) in [5, 5.41) is 1.38. The largest absolute Gasteiger partial charge is 0.421 e. The van der Waals surface area contributed by atoms with Crippen molar-refractivity contribution >= 4 is 17.1 Å². The molecule has 0 N–H and O–H groups in total. The lowest BCUT2D eigenvalue weighted by Gasteiger charge is -2.14. The first kappa shape index (κ1) is 13.8. The molecule has 1 heterocycles. The Labute approximate surface area is 95.4 Å². The smallest absolute Gasteiger partial charge is 0.288 e. The predicted octanol–water partition coefficient (Wildman–Crippen LogP) is 3.98. The van der Waals surface area contributed by atoms with Crippen LogP contribution < -0.4 is 0 Å². The maximum Gasteiger partial charge on any atom is 0.421 e. The molecule has 0 amide bonds. The first-order valence-electron chi connectivity index (χ1n) is 4.06. The number of allylic oxidation sites excluding steroid dienone is 2. The van der Waals surface area contributed by atoms with Crippen LogP contribution in [0.4, 0.5) is 26.3 Å². The Morgan fingerprint density at radius 1 is 1.12 bits per heavy atom. The van der Waals surface area contributed by atoms with Gasteiger partial charge in [-0.2, -0.15) is 26.3 Å². The van der Waals surface area contributed by atoms with Crippen molar-refractivity contribution in [3.05, 3.63) is 34.0 Å². The highest BCUT2D eigenvalue weighted by molar-refractivity contribution is 7.12. The fourth-order valence-electron chi connectivity index (χ4n) is 0.945. The average Bonchev–Trinajstić information content (AvgIpc) is 2.62. The van der Waals surface area contributed by atoms with Crippen LogP contribution in [-0.4, -0.2) is 18.1 Å². The number of rotatable bonds is 2. The van der Waals surface area contributed by atoms with Gasteiger partial charge in [-0.1, -0.05) is 6.07 Å². The Morgan fingerprint density at radius 2 is 1.65 bits per heavy atom. The van der Waals surface area contributed by atoms with Crippen LogP contribution in [0.2, 0.25) is 0 Å². The van der Waals surface area contributed by atoms with Crippen molar-refractivity contribution in [1.29, 1.82) is 0 Å². The topological polar surface area (TPSA) is 17.1 Å². The standard InChI is InChI=1S/C9H4F6OS/c10-8(11,12)7(9(13,14)15)4-5(16)6-2-1-3-17-6/h1-4H. The number of carbonyl (C=O) groups excluding carboxylic acids is 1. The number of hydrogen-bond donors (Lipinski definition) is 0. The number of carbonyl (C=O) groups is 1. The molecular formula is C9H4F6OS. The van der Waals surface area contributed by atoms with E-state index in [2.05, 4.69) is 0 Å². The second-order valence-electron chi connectivity index (χ2n) is 2.90. The summed E-state index contributed by atoms with van der Waals surface area (Å²) in [6.07, 6.45) is -11.6. The molecule has 1 aromatic rings. The van der Waals surface area contributed by atoms with Crippen molar-refractivity contribution in [3.8, 4) is 0 Å². The van der Waals surface area contributed by atoms with E-state index in [0.717, 1.165) is 17.4 Å². The average molecular weight is 274 g/mol. The van der Waals surface area contributed by atoms with Crippen LogP contribution in [0.5, 0.6) is 0 Å². The Balaban J connectivity index is 3.12. The maximum atomic E-state index is 12.1. The molecule has 0 aliphatic carbocycles. The van der Waals surface area contributed by atoms with Crippen molar-refractivity contribution in [3.63, 3.8) is 0 Å². The number of hydrogen-bond acceptors (Lipinski definition) is 2. The van der Waals surface area contributed by atoms with E-state index in [4.69, 9.17) is 0 Å². The van der Waals surface area contributed by atoms with Gasteiger partial charge < -0.3 is 0 Å². The highest BCUT2D eigenvalue weighted by Gasteiger charge is 2.51. The molecule has 0 saturated heterocycles. The third kappa shape index (κ3) is 3.58. The van der Waals surface area contributed by atoms with Gasteiger partial charge in [0.2, 0.25) is 0 Å². The van der Waals surface area contributed by atoms with Crippen LogP contribution in [0, 0.1) is 0 Å².